The Morgan fingerprint density at radius 3 is 2.67 bits per heavy atom. The van der Waals surface area contributed by atoms with Crippen molar-refractivity contribution in [3.63, 3.8) is 0 Å². The number of nitrogens with one attached hydrogen (secondary N) is 1. The van der Waals surface area contributed by atoms with Gasteiger partial charge in [0.2, 0.25) is 0 Å². The quantitative estimate of drug-likeness (QED) is 0.476. The Hall–Kier alpha value is -1.27. The predicted octanol–water partition coefficient (Wildman–Crippen LogP) is -2.28. The van der Waals surface area contributed by atoms with Gasteiger partial charge in [-0.25, -0.2) is 0 Å². The molecule has 0 atom stereocenters. The van der Waals surface area contributed by atoms with Crippen LogP contribution >= 0.6 is 15.9 Å². The maximum Gasteiger partial charge on any atom is 0.175 e. The molecular weight excluding hydrogens is 415 g/mol. The molecule has 0 aliphatic rings. The van der Waals surface area contributed by atoms with Crippen LogP contribution in [-0.2, 0) is 13.1 Å². The standard InChI is InChI=1S/C17H19BrN2O2.2ClH/c1-3-8-22-17-15(18)9-13(10-16(17)21-2)11-19-12-14-6-4-5-7-20-14;;/h3-7,9-10,19H,1,8,11-12H2,2H3;2*1H/p-2. The average Bonchev–Trinajstić information content (AvgIpc) is 2.54. The van der Waals surface area contributed by atoms with Gasteiger partial charge in [-0.1, -0.05) is 18.7 Å². The normalized spacial score (nSPS) is 9.42. The number of benzene rings is 1. The molecule has 0 fully saturated rings. The lowest BCUT2D eigenvalue weighted by Gasteiger charge is -2.14. The van der Waals surface area contributed by atoms with Crippen LogP contribution in [0.3, 0.4) is 0 Å². The van der Waals surface area contributed by atoms with Crippen molar-refractivity contribution in [1.29, 1.82) is 0 Å². The molecule has 1 aromatic carbocycles. The van der Waals surface area contributed by atoms with E-state index in [4.69, 9.17) is 9.47 Å². The Morgan fingerprint density at radius 2 is 2.04 bits per heavy atom. The van der Waals surface area contributed by atoms with E-state index in [0.717, 1.165) is 22.3 Å². The third-order valence-corrected chi connectivity index (χ3v) is 3.59. The Morgan fingerprint density at radius 1 is 1.25 bits per heavy atom. The molecule has 1 heterocycles. The van der Waals surface area contributed by atoms with Gasteiger partial charge in [-0.2, -0.15) is 0 Å². The van der Waals surface area contributed by atoms with Crippen molar-refractivity contribution >= 4 is 15.9 Å². The van der Waals surface area contributed by atoms with Crippen molar-refractivity contribution < 1.29 is 34.3 Å². The molecule has 0 amide bonds. The molecular formula is C17H19BrCl2N2O2-2. The summed E-state index contributed by atoms with van der Waals surface area (Å²) >= 11 is 3.53. The van der Waals surface area contributed by atoms with E-state index < -0.39 is 0 Å². The van der Waals surface area contributed by atoms with E-state index in [2.05, 4.69) is 32.8 Å². The highest BCUT2D eigenvalue weighted by atomic mass is 79.9. The lowest BCUT2D eigenvalue weighted by atomic mass is 10.2. The summed E-state index contributed by atoms with van der Waals surface area (Å²) < 4.78 is 11.9. The van der Waals surface area contributed by atoms with Crippen LogP contribution in [0.1, 0.15) is 11.3 Å². The second kappa shape index (κ2) is 12.1. The van der Waals surface area contributed by atoms with Crippen LogP contribution in [0.15, 0.2) is 53.7 Å². The fourth-order valence-corrected chi connectivity index (χ4v) is 2.60. The first-order valence-electron chi connectivity index (χ1n) is 6.95. The van der Waals surface area contributed by atoms with Crippen molar-refractivity contribution in [2.45, 2.75) is 13.1 Å². The number of hydrogen-bond donors (Lipinski definition) is 1. The number of rotatable bonds is 8. The lowest BCUT2D eigenvalue weighted by Crippen LogP contribution is -3.00. The van der Waals surface area contributed by atoms with E-state index in [-0.39, 0.29) is 24.8 Å². The molecule has 0 spiro atoms. The number of ether oxygens (including phenoxy) is 2. The SMILES string of the molecule is C=CCOc1c(Br)cc(CNCc2ccccn2)cc1OC.[Cl-].[Cl-]. The van der Waals surface area contributed by atoms with E-state index in [1.165, 1.54) is 0 Å². The summed E-state index contributed by atoms with van der Waals surface area (Å²) in [6, 6.07) is 9.87. The minimum absolute atomic E-state index is 0. The first-order valence-corrected chi connectivity index (χ1v) is 7.74. The van der Waals surface area contributed by atoms with Gasteiger partial charge in [-0.3, -0.25) is 4.98 Å². The van der Waals surface area contributed by atoms with Crippen molar-refractivity contribution in [1.82, 2.24) is 10.3 Å². The molecule has 2 aromatic rings. The second-order valence-corrected chi connectivity index (χ2v) is 5.49. The topological polar surface area (TPSA) is 43.4 Å². The minimum Gasteiger partial charge on any atom is -1.00 e. The molecule has 1 aromatic heterocycles. The van der Waals surface area contributed by atoms with Crippen molar-refractivity contribution in [2.75, 3.05) is 13.7 Å². The third-order valence-electron chi connectivity index (χ3n) is 3.00. The number of nitrogens with zero attached hydrogens (tertiary/aromatic N) is 1. The number of methoxy groups -OCH3 is 1. The lowest BCUT2D eigenvalue weighted by molar-refractivity contribution is -0.00100. The largest absolute Gasteiger partial charge is 1.00 e. The van der Waals surface area contributed by atoms with Crippen molar-refractivity contribution in [3.8, 4) is 11.5 Å². The van der Waals surface area contributed by atoms with Crippen molar-refractivity contribution in [2.24, 2.45) is 0 Å². The molecule has 0 aliphatic heterocycles. The minimum atomic E-state index is 0. The summed E-state index contributed by atoms with van der Waals surface area (Å²) in [5, 5.41) is 3.36. The summed E-state index contributed by atoms with van der Waals surface area (Å²) in [6.45, 7) is 5.52. The molecule has 0 aliphatic carbocycles. The number of halogens is 3. The summed E-state index contributed by atoms with van der Waals surface area (Å²) in [6.07, 6.45) is 3.50. The Labute approximate surface area is 163 Å². The van der Waals surface area contributed by atoms with E-state index >= 15 is 0 Å². The zero-order valence-electron chi connectivity index (χ0n) is 13.3. The van der Waals surface area contributed by atoms with Crippen LogP contribution in [0.4, 0.5) is 0 Å². The van der Waals surface area contributed by atoms with E-state index in [9.17, 15) is 0 Å². The Kier molecular flexibility index (Phi) is 11.5. The van der Waals surface area contributed by atoms with Crippen molar-refractivity contribution in [3.05, 3.63) is 64.9 Å². The summed E-state index contributed by atoms with van der Waals surface area (Å²) in [5.74, 6) is 1.39. The van der Waals surface area contributed by atoms with Gasteiger partial charge >= 0.3 is 0 Å². The molecule has 0 saturated carbocycles. The molecule has 0 radical (unpaired) electrons. The van der Waals surface area contributed by atoms with Gasteiger partial charge in [0.1, 0.15) is 6.61 Å². The van der Waals surface area contributed by atoms with Crippen LogP contribution in [0, 0.1) is 0 Å². The molecule has 1 N–H and O–H groups in total. The van der Waals surface area contributed by atoms with Crippen LogP contribution in [-0.4, -0.2) is 18.7 Å². The third kappa shape index (κ3) is 6.69. The van der Waals surface area contributed by atoms with Gasteiger partial charge in [0, 0.05) is 19.3 Å². The molecule has 24 heavy (non-hydrogen) atoms. The highest BCUT2D eigenvalue weighted by Crippen LogP contribution is 2.36. The number of hydrogen-bond acceptors (Lipinski definition) is 4. The van der Waals surface area contributed by atoms with Gasteiger partial charge in [-0.05, 0) is 45.8 Å². The number of pyridine rings is 1. The fourth-order valence-electron chi connectivity index (χ4n) is 2.00. The molecule has 0 saturated heterocycles. The smallest absolute Gasteiger partial charge is 0.175 e. The molecule has 4 nitrogen and oxygen atoms in total. The molecule has 0 unspecified atom stereocenters. The maximum absolute atomic E-state index is 5.62. The van der Waals surface area contributed by atoms with Crippen LogP contribution in [0.25, 0.3) is 0 Å². The van der Waals surface area contributed by atoms with Crippen LogP contribution in [0.2, 0.25) is 0 Å². The first kappa shape index (κ1) is 22.7. The zero-order valence-corrected chi connectivity index (χ0v) is 16.4. The number of aromatic nitrogens is 1. The van der Waals surface area contributed by atoms with Crippen LogP contribution in [0.5, 0.6) is 11.5 Å². The Bertz CT molecular complexity index is 627. The highest BCUT2D eigenvalue weighted by molar-refractivity contribution is 9.10. The molecule has 0 bridgehead atoms. The molecule has 2 rings (SSSR count). The van der Waals surface area contributed by atoms with Crippen LogP contribution < -0.4 is 39.6 Å². The highest BCUT2D eigenvalue weighted by Gasteiger charge is 2.11. The maximum atomic E-state index is 5.62. The molecule has 7 heteroatoms. The van der Waals surface area contributed by atoms with Gasteiger partial charge in [0.15, 0.2) is 11.5 Å². The average molecular weight is 434 g/mol. The summed E-state index contributed by atoms with van der Waals surface area (Å²) in [7, 11) is 1.63. The summed E-state index contributed by atoms with van der Waals surface area (Å²) in [5.41, 5.74) is 2.12. The van der Waals surface area contributed by atoms with E-state index in [1.807, 2.05) is 30.3 Å². The molecule has 132 valence electrons. The van der Waals surface area contributed by atoms with E-state index in [1.54, 1.807) is 19.4 Å². The second-order valence-electron chi connectivity index (χ2n) is 4.63. The fraction of sp³-hybridized carbons (Fsp3) is 0.235. The van der Waals surface area contributed by atoms with Gasteiger partial charge in [0.25, 0.3) is 0 Å². The van der Waals surface area contributed by atoms with Gasteiger partial charge < -0.3 is 39.6 Å². The monoisotopic (exact) mass is 432 g/mol. The predicted molar refractivity (Wildman–Crippen MR) is 91.2 cm³/mol. The van der Waals surface area contributed by atoms with Gasteiger partial charge in [-0.15, -0.1) is 0 Å². The summed E-state index contributed by atoms with van der Waals surface area (Å²) in [4.78, 5) is 4.28. The first-order chi connectivity index (χ1) is 10.7. The zero-order chi connectivity index (χ0) is 15.8. The Balaban J connectivity index is 0.00000264. The van der Waals surface area contributed by atoms with Gasteiger partial charge in [0.05, 0.1) is 17.3 Å². The van der Waals surface area contributed by atoms with E-state index in [0.29, 0.717) is 24.7 Å².